The molecule has 0 spiro atoms. The number of hydrogen-bond donors (Lipinski definition) is 2. The molecule has 1 amide bonds. The Morgan fingerprint density at radius 2 is 2.25 bits per heavy atom. The van der Waals surface area contributed by atoms with E-state index in [2.05, 4.69) is 17.6 Å². The van der Waals surface area contributed by atoms with Crippen LogP contribution in [0.1, 0.15) is 13.3 Å². The summed E-state index contributed by atoms with van der Waals surface area (Å²) in [7, 11) is 0. The quantitative estimate of drug-likeness (QED) is 0.621. The first-order valence-corrected chi connectivity index (χ1v) is 4.76. The van der Waals surface area contributed by atoms with Crippen LogP contribution >= 0.6 is 0 Å². The molecule has 2 rings (SSSR count). The van der Waals surface area contributed by atoms with Gasteiger partial charge in [-0.1, -0.05) is 6.92 Å². The Morgan fingerprint density at radius 3 is 2.67 bits per heavy atom. The molecular formula is C9H16N2O. The summed E-state index contributed by atoms with van der Waals surface area (Å²) in [4.78, 5) is 11.3. The van der Waals surface area contributed by atoms with Crippen molar-refractivity contribution in [3.8, 4) is 0 Å². The first-order chi connectivity index (χ1) is 5.77. The molecule has 2 unspecified atom stereocenters. The number of hydrogen-bond acceptors (Lipinski definition) is 2. The topological polar surface area (TPSA) is 41.1 Å². The minimum Gasteiger partial charge on any atom is -0.355 e. The summed E-state index contributed by atoms with van der Waals surface area (Å²) < 4.78 is 0. The van der Waals surface area contributed by atoms with Gasteiger partial charge >= 0.3 is 0 Å². The number of carbonyl (C=O) groups is 1. The molecule has 1 saturated heterocycles. The normalized spacial score (nSPS) is 34.1. The Labute approximate surface area is 72.9 Å². The van der Waals surface area contributed by atoms with Crippen LogP contribution in [0.15, 0.2) is 0 Å². The lowest BCUT2D eigenvalue weighted by Gasteiger charge is -2.25. The third-order valence-corrected chi connectivity index (χ3v) is 2.97. The number of amides is 1. The van der Waals surface area contributed by atoms with Crippen LogP contribution in [0.5, 0.6) is 0 Å². The SMILES string of the molecule is CC1CC1CNC(=O)C1CNC1. The van der Waals surface area contributed by atoms with E-state index >= 15 is 0 Å². The third kappa shape index (κ3) is 1.61. The Hall–Kier alpha value is -0.570. The molecule has 12 heavy (non-hydrogen) atoms. The standard InChI is InChI=1S/C9H16N2O/c1-6-2-7(6)5-11-9(12)8-3-10-4-8/h6-8,10H,2-5H2,1H3,(H,11,12). The smallest absolute Gasteiger partial charge is 0.225 e. The van der Waals surface area contributed by atoms with Crippen molar-refractivity contribution in [1.82, 2.24) is 10.6 Å². The van der Waals surface area contributed by atoms with Gasteiger partial charge in [0.1, 0.15) is 0 Å². The minimum absolute atomic E-state index is 0.243. The molecule has 68 valence electrons. The second kappa shape index (κ2) is 3.05. The molecule has 0 aromatic rings. The summed E-state index contributed by atoms with van der Waals surface area (Å²) in [6.07, 6.45) is 1.29. The van der Waals surface area contributed by atoms with Crippen LogP contribution in [0.4, 0.5) is 0 Å². The number of carbonyl (C=O) groups excluding carboxylic acids is 1. The van der Waals surface area contributed by atoms with E-state index in [-0.39, 0.29) is 11.8 Å². The molecule has 0 radical (unpaired) electrons. The molecular weight excluding hydrogens is 152 g/mol. The summed E-state index contributed by atoms with van der Waals surface area (Å²) in [5.41, 5.74) is 0. The summed E-state index contributed by atoms with van der Waals surface area (Å²) in [5, 5.41) is 6.09. The summed E-state index contributed by atoms with van der Waals surface area (Å²) in [6.45, 7) is 4.87. The van der Waals surface area contributed by atoms with E-state index in [9.17, 15) is 4.79 Å². The maximum absolute atomic E-state index is 11.3. The maximum atomic E-state index is 11.3. The van der Waals surface area contributed by atoms with Crippen molar-refractivity contribution in [1.29, 1.82) is 0 Å². The van der Waals surface area contributed by atoms with Gasteiger partial charge in [-0.25, -0.2) is 0 Å². The molecule has 0 bridgehead atoms. The van der Waals surface area contributed by atoms with Crippen LogP contribution in [-0.4, -0.2) is 25.5 Å². The van der Waals surface area contributed by atoms with E-state index in [4.69, 9.17) is 0 Å². The average Bonchev–Trinajstić information content (AvgIpc) is 2.58. The van der Waals surface area contributed by atoms with Gasteiger partial charge in [0.15, 0.2) is 0 Å². The number of nitrogens with one attached hydrogen (secondary N) is 2. The van der Waals surface area contributed by atoms with Crippen LogP contribution in [0, 0.1) is 17.8 Å². The maximum Gasteiger partial charge on any atom is 0.225 e. The highest BCUT2D eigenvalue weighted by atomic mass is 16.2. The van der Waals surface area contributed by atoms with Gasteiger partial charge in [0, 0.05) is 19.6 Å². The second-order valence-electron chi connectivity index (χ2n) is 4.07. The molecule has 3 heteroatoms. The molecule has 3 nitrogen and oxygen atoms in total. The van der Waals surface area contributed by atoms with E-state index < -0.39 is 0 Å². The molecule has 1 aliphatic carbocycles. The van der Waals surface area contributed by atoms with Gasteiger partial charge < -0.3 is 10.6 Å². The fourth-order valence-electron chi connectivity index (χ4n) is 1.53. The minimum atomic E-state index is 0.243. The zero-order valence-corrected chi connectivity index (χ0v) is 7.47. The predicted octanol–water partition coefficient (Wildman–Crippen LogP) is -0.0220. The summed E-state index contributed by atoms with van der Waals surface area (Å²) >= 11 is 0. The fraction of sp³-hybridized carbons (Fsp3) is 0.889. The fourth-order valence-corrected chi connectivity index (χ4v) is 1.53. The van der Waals surface area contributed by atoms with E-state index in [0.717, 1.165) is 31.5 Å². The van der Waals surface area contributed by atoms with Crippen molar-refractivity contribution in [2.75, 3.05) is 19.6 Å². The second-order valence-corrected chi connectivity index (χ2v) is 4.07. The van der Waals surface area contributed by atoms with Crippen LogP contribution in [-0.2, 0) is 4.79 Å². The van der Waals surface area contributed by atoms with Crippen LogP contribution in [0.2, 0.25) is 0 Å². The van der Waals surface area contributed by atoms with Gasteiger partial charge in [0.2, 0.25) is 5.91 Å². The zero-order chi connectivity index (χ0) is 8.55. The lowest BCUT2D eigenvalue weighted by molar-refractivity contribution is -0.126. The Balaban J connectivity index is 1.62. The van der Waals surface area contributed by atoms with Gasteiger partial charge in [0.05, 0.1) is 5.92 Å². The number of rotatable bonds is 3. The van der Waals surface area contributed by atoms with Crippen molar-refractivity contribution in [3.05, 3.63) is 0 Å². The molecule has 1 saturated carbocycles. The lowest BCUT2D eigenvalue weighted by atomic mass is 10.0. The van der Waals surface area contributed by atoms with E-state index in [1.165, 1.54) is 6.42 Å². The van der Waals surface area contributed by atoms with Gasteiger partial charge in [-0.2, -0.15) is 0 Å². The molecule has 0 aromatic heterocycles. The molecule has 1 heterocycles. The van der Waals surface area contributed by atoms with Crippen molar-refractivity contribution in [3.63, 3.8) is 0 Å². The lowest BCUT2D eigenvalue weighted by Crippen LogP contribution is -2.51. The van der Waals surface area contributed by atoms with Crippen molar-refractivity contribution < 1.29 is 4.79 Å². The zero-order valence-electron chi connectivity index (χ0n) is 7.47. The Bertz CT molecular complexity index is 189. The van der Waals surface area contributed by atoms with Gasteiger partial charge in [-0.3, -0.25) is 4.79 Å². The highest BCUT2D eigenvalue weighted by molar-refractivity contribution is 5.80. The van der Waals surface area contributed by atoms with Gasteiger partial charge in [0.25, 0.3) is 0 Å². The van der Waals surface area contributed by atoms with E-state index in [0.29, 0.717) is 0 Å². The monoisotopic (exact) mass is 168 g/mol. The first kappa shape index (κ1) is 8.05. The van der Waals surface area contributed by atoms with Crippen molar-refractivity contribution in [2.45, 2.75) is 13.3 Å². The Kier molecular flexibility index (Phi) is 2.05. The summed E-state index contributed by atoms with van der Waals surface area (Å²) in [5.74, 6) is 2.10. The highest BCUT2D eigenvalue weighted by Gasteiger charge is 2.33. The summed E-state index contributed by atoms with van der Waals surface area (Å²) in [6, 6.07) is 0. The molecule has 1 aliphatic heterocycles. The Morgan fingerprint density at radius 1 is 1.58 bits per heavy atom. The average molecular weight is 168 g/mol. The highest BCUT2D eigenvalue weighted by Crippen LogP contribution is 2.36. The molecule has 2 atom stereocenters. The molecule has 2 fully saturated rings. The van der Waals surface area contributed by atoms with Crippen molar-refractivity contribution >= 4 is 5.91 Å². The van der Waals surface area contributed by atoms with Gasteiger partial charge in [-0.05, 0) is 18.3 Å². The van der Waals surface area contributed by atoms with Crippen molar-refractivity contribution in [2.24, 2.45) is 17.8 Å². The molecule has 0 aromatic carbocycles. The van der Waals surface area contributed by atoms with Gasteiger partial charge in [-0.15, -0.1) is 0 Å². The first-order valence-electron chi connectivity index (χ1n) is 4.76. The predicted molar refractivity (Wildman–Crippen MR) is 46.6 cm³/mol. The van der Waals surface area contributed by atoms with Crippen LogP contribution < -0.4 is 10.6 Å². The van der Waals surface area contributed by atoms with E-state index in [1.807, 2.05) is 0 Å². The van der Waals surface area contributed by atoms with E-state index in [1.54, 1.807) is 0 Å². The largest absolute Gasteiger partial charge is 0.355 e. The molecule has 2 N–H and O–H groups in total. The molecule has 2 aliphatic rings. The van der Waals surface area contributed by atoms with Crippen LogP contribution in [0.3, 0.4) is 0 Å². The van der Waals surface area contributed by atoms with Crippen LogP contribution in [0.25, 0.3) is 0 Å². The third-order valence-electron chi connectivity index (χ3n) is 2.97.